The number of amides is 1. The molecule has 1 aliphatic rings. The molecule has 0 bridgehead atoms. The standard InChI is InChI=1S/C19H17FN6O/c20-15-3-1-14(2-4-15)10-26-11-16-17(23-12-26)25-18(24-16)19(27)22-9-13-5-7-21-8-6-13/h1-8,12H,9-11H2,(H,22,27)(H,24,25). The Hall–Kier alpha value is -3.55. The maximum Gasteiger partial charge on any atom is 0.287 e. The Morgan fingerprint density at radius 3 is 2.70 bits per heavy atom. The number of benzene rings is 1. The van der Waals surface area contributed by atoms with Gasteiger partial charge in [-0.3, -0.25) is 9.78 Å². The van der Waals surface area contributed by atoms with Crippen molar-refractivity contribution < 1.29 is 9.18 Å². The van der Waals surface area contributed by atoms with E-state index in [1.807, 2.05) is 17.0 Å². The fourth-order valence-corrected chi connectivity index (χ4v) is 2.79. The van der Waals surface area contributed by atoms with Crippen LogP contribution in [0.5, 0.6) is 0 Å². The molecule has 0 spiro atoms. The number of carbonyl (C=O) groups is 1. The molecule has 0 fully saturated rings. The van der Waals surface area contributed by atoms with Crippen LogP contribution in [0.1, 0.15) is 27.4 Å². The van der Waals surface area contributed by atoms with Crippen molar-refractivity contribution in [1.82, 2.24) is 25.2 Å². The quantitative estimate of drug-likeness (QED) is 0.728. The van der Waals surface area contributed by atoms with Crippen molar-refractivity contribution in [2.45, 2.75) is 19.6 Å². The van der Waals surface area contributed by atoms with Crippen LogP contribution in [-0.2, 0) is 19.6 Å². The number of rotatable bonds is 5. The van der Waals surface area contributed by atoms with Crippen LogP contribution >= 0.6 is 0 Å². The van der Waals surface area contributed by atoms with Gasteiger partial charge in [0, 0.05) is 25.5 Å². The summed E-state index contributed by atoms with van der Waals surface area (Å²) in [6, 6.07) is 10.0. The number of aromatic amines is 1. The Labute approximate surface area is 155 Å². The lowest BCUT2D eigenvalue weighted by Crippen LogP contribution is -2.24. The molecule has 1 aliphatic heterocycles. The van der Waals surface area contributed by atoms with E-state index in [1.165, 1.54) is 12.1 Å². The first kappa shape index (κ1) is 16.9. The van der Waals surface area contributed by atoms with E-state index in [4.69, 9.17) is 0 Å². The van der Waals surface area contributed by atoms with Crippen LogP contribution in [0, 0.1) is 5.82 Å². The largest absolute Gasteiger partial charge is 0.352 e. The minimum atomic E-state index is -0.290. The van der Waals surface area contributed by atoms with Crippen LogP contribution in [0.4, 0.5) is 10.2 Å². The van der Waals surface area contributed by atoms with Crippen molar-refractivity contribution in [2.24, 2.45) is 4.99 Å². The van der Waals surface area contributed by atoms with Gasteiger partial charge in [0.2, 0.25) is 0 Å². The zero-order valence-electron chi connectivity index (χ0n) is 14.4. The van der Waals surface area contributed by atoms with E-state index in [0.717, 1.165) is 16.8 Å². The van der Waals surface area contributed by atoms with E-state index in [9.17, 15) is 9.18 Å². The molecular formula is C19H17FN6O. The van der Waals surface area contributed by atoms with Gasteiger partial charge >= 0.3 is 0 Å². The van der Waals surface area contributed by atoms with E-state index in [1.54, 1.807) is 30.9 Å². The van der Waals surface area contributed by atoms with Crippen molar-refractivity contribution in [2.75, 3.05) is 0 Å². The van der Waals surface area contributed by atoms with Crippen LogP contribution in [0.15, 0.2) is 53.8 Å². The molecule has 0 saturated heterocycles. The van der Waals surface area contributed by atoms with Gasteiger partial charge in [-0.1, -0.05) is 12.1 Å². The van der Waals surface area contributed by atoms with Gasteiger partial charge in [-0.2, -0.15) is 0 Å². The van der Waals surface area contributed by atoms with Crippen LogP contribution in [-0.4, -0.2) is 32.1 Å². The number of hydrogen-bond donors (Lipinski definition) is 2. The molecule has 0 radical (unpaired) electrons. The summed E-state index contributed by atoms with van der Waals surface area (Å²) in [5.41, 5.74) is 2.70. The van der Waals surface area contributed by atoms with E-state index in [-0.39, 0.29) is 17.5 Å². The van der Waals surface area contributed by atoms with Gasteiger partial charge in [-0.15, -0.1) is 0 Å². The van der Waals surface area contributed by atoms with E-state index >= 15 is 0 Å². The minimum Gasteiger partial charge on any atom is -0.352 e. The number of fused-ring (bicyclic) bond motifs is 1. The summed E-state index contributed by atoms with van der Waals surface area (Å²) in [6.45, 7) is 1.53. The molecule has 1 amide bonds. The summed E-state index contributed by atoms with van der Waals surface area (Å²) >= 11 is 0. The van der Waals surface area contributed by atoms with Crippen molar-refractivity contribution in [3.63, 3.8) is 0 Å². The number of aliphatic imine (C=N–C) groups is 1. The first-order valence-electron chi connectivity index (χ1n) is 8.46. The molecule has 27 heavy (non-hydrogen) atoms. The molecule has 3 aromatic rings. The van der Waals surface area contributed by atoms with E-state index in [0.29, 0.717) is 25.5 Å². The third-order valence-electron chi connectivity index (χ3n) is 4.18. The first-order valence-corrected chi connectivity index (χ1v) is 8.46. The van der Waals surface area contributed by atoms with Crippen molar-refractivity contribution >= 4 is 18.1 Å². The molecule has 4 rings (SSSR count). The topological polar surface area (TPSA) is 86.3 Å². The predicted molar refractivity (Wildman–Crippen MR) is 97.8 cm³/mol. The Kier molecular flexibility index (Phi) is 4.61. The summed E-state index contributed by atoms with van der Waals surface area (Å²) < 4.78 is 13.0. The number of H-pyrrole nitrogens is 1. The van der Waals surface area contributed by atoms with Crippen LogP contribution in [0.2, 0.25) is 0 Å². The van der Waals surface area contributed by atoms with Crippen molar-refractivity contribution in [3.8, 4) is 0 Å². The Balaban J connectivity index is 1.39. The number of aromatic nitrogens is 3. The molecule has 0 saturated carbocycles. The van der Waals surface area contributed by atoms with Gasteiger partial charge in [0.05, 0.1) is 18.6 Å². The number of carbonyl (C=O) groups excluding carboxylic acids is 1. The number of nitrogens with one attached hydrogen (secondary N) is 2. The molecule has 0 atom stereocenters. The Morgan fingerprint density at radius 1 is 1.15 bits per heavy atom. The molecule has 0 aliphatic carbocycles. The predicted octanol–water partition coefficient (Wildman–Crippen LogP) is 2.55. The van der Waals surface area contributed by atoms with Gasteiger partial charge in [0.1, 0.15) is 5.82 Å². The summed E-state index contributed by atoms with van der Waals surface area (Å²) in [5, 5.41) is 2.82. The second-order valence-corrected chi connectivity index (χ2v) is 6.20. The van der Waals surface area contributed by atoms with Crippen molar-refractivity contribution in [1.29, 1.82) is 0 Å². The van der Waals surface area contributed by atoms with E-state index in [2.05, 4.69) is 25.3 Å². The molecule has 1 aromatic carbocycles. The highest BCUT2D eigenvalue weighted by atomic mass is 19.1. The second kappa shape index (κ2) is 7.36. The second-order valence-electron chi connectivity index (χ2n) is 6.20. The summed E-state index contributed by atoms with van der Waals surface area (Å²) in [5.74, 6) is 0.195. The summed E-state index contributed by atoms with van der Waals surface area (Å²) in [6.07, 6.45) is 5.04. The molecule has 8 heteroatoms. The van der Waals surface area contributed by atoms with Gasteiger partial charge in [-0.25, -0.2) is 14.4 Å². The summed E-state index contributed by atoms with van der Waals surface area (Å²) in [7, 11) is 0. The number of nitrogens with zero attached hydrogens (tertiary/aromatic N) is 4. The maximum atomic E-state index is 13.0. The fraction of sp³-hybridized carbons (Fsp3) is 0.158. The lowest BCUT2D eigenvalue weighted by atomic mass is 10.2. The Bertz CT molecular complexity index is 968. The maximum absolute atomic E-state index is 13.0. The van der Waals surface area contributed by atoms with Crippen LogP contribution in [0.25, 0.3) is 0 Å². The lowest BCUT2D eigenvalue weighted by Gasteiger charge is -2.21. The summed E-state index contributed by atoms with van der Waals surface area (Å²) in [4.78, 5) is 29.8. The number of imidazole rings is 1. The van der Waals surface area contributed by atoms with Gasteiger partial charge < -0.3 is 15.2 Å². The molecular weight excluding hydrogens is 347 g/mol. The molecule has 7 nitrogen and oxygen atoms in total. The minimum absolute atomic E-state index is 0.231. The lowest BCUT2D eigenvalue weighted by molar-refractivity contribution is 0.0941. The third-order valence-corrected chi connectivity index (χ3v) is 4.18. The highest BCUT2D eigenvalue weighted by Crippen LogP contribution is 2.22. The molecule has 3 heterocycles. The first-order chi connectivity index (χ1) is 13.2. The highest BCUT2D eigenvalue weighted by Gasteiger charge is 2.20. The zero-order chi connectivity index (χ0) is 18.6. The third kappa shape index (κ3) is 4.00. The van der Waals surface area contributed by atoms with Crippen LogP contribution < -0.4 is 5.32 Å². The van der Waals surface area contributed by atoms with Gasteiger partial charge in [0.25, 0.3) is 5.91 Å². The fourth-order valence-electron chi connectivity index (χ4n) is 2.79. The van der Waals surface area contributed by atoms with Gasteiger partial charge in [-0.05, 0) is 35.4 Å². The zero-order valence-corrected chi connectivity index (χ0v) is 14.4. The number of pyridine rings is 1. The number of hydrogen-bond acceptors (Lipinski definition) is 5. The molecule has 2 aromatic heterocycles. The number of halogens is 1. The average molecular weight is 364 g/mol. The SMILES string of the molecule is O=C(NCc1ccncc1)c1nc2c([nH]1)CN(Cc1ccc(F)cc1)C=N2. The van der Waals surface area contributed by atoms with Crippen molar-refractivity contribution in [3.05, 3.63) is 77.3 Å². The molecule has 2 N–H and O–H groups in total. The van der Waals surface area contributed by atoms with E-state index < -0.39 is 0 Å². The molecule has 0 unspecified atom stereocenters. The van der Waals surface area contributed by atoms with Gasteiger partial charge in [0.15, 0.2) is 11.6 Å². The average Bonchev–Trinajstić information content (AvgIpc) is 3.12. The normalized spacial score (nSPS) is 12.7. The van der Waals surface area contributed by atoms with Crippen LogP contribution in [0.3, 0.4) is 0 Å². The highest BCUT2D eigenvalue weighted by molar-refractivity contribution is 5.91. The monoisotopic (exact) mass is 364 g/mol. The Morgan fingerprint density at radius 2 is 1.93 bits per heavy atom. The molecule has 136 valence electrons. The smallest absolute Gasteiger partial charge is 0.287 e.